The Morgan fingerprint density at radius 3 is 2.70 bits per heavy atom. The predicted molar refractivity (Wildman–Crippen MR) is 76.6 cm³/mol. The molecule has 2 N–H and O–H groups in total. The van der Waals surface area contributed by atoms with E-state index in [9.17, 15) is 9.59 Å². The molecule has 0 unspecified atom stereocenters. The van der Waals surface area contributed by atoms with Crippen LogP contribution in [0.1, 0.15) is 30.1 Å². The van der Waals surface area contributed by atoms with Crippen LogP contribution >= 0.6 is 0 Å². The Balaban J connectivity index is 1.92. The van der Waals surface area contributed by atoms with Gasteiger partial charge in [-0.05, 0) is 50.6 Å². The molecular weight excluding hydrogens is 256 g/mol. The Morgan fingerprint density at radius 1 is 1.35 bits per heavy atom. The van der Waals surface area contributed by atoms with Gasteiger partial charge in [0.2, 0.25) is 5.91 Å². The first kappa shape index (κ1) is 14.5. The average Bonchev–Trinajstić information content (AvgIpc) is 2.49. The first-order valence-corrected chi connectivity index (χ1v) is 6.99. The zero-order valence-corrected chi connectivity index (χ0v) is 11.6. The Hall–Kier alpha value is -1.88. The number of esters is 1. The van der Waals surface area contributed by atoms with Crippen LogP contribution < -0.4 is 10.6 Å². The Kier molecular flexibility index (Phi) is 5.12. The van der Waals surface area contributed by atoms with Gasteiger partial charge >= 0.3 is 5.97 Å². The monoisotopic (exact) mass is 276 g/mol. The molecule has 1 atom stereocenters. The molecule has 5 heteroatoms. The molecule has 0 radical (unpaired) electrons. The molecule has 0 spiro atoms. The maximum Gasteiger partial charge on any atom is 0.338 e. The van der Waals surface area contributed by atoms with E-state index in [1.807, 2.05) is 0 Å². The van der Waals surface area contributed by atoms with E-state index in [1.165, 1.54) is 0 Å². The van der Waals surface area contributed by atoms with Crippen LogP contribution in [0.15, 0.2) is 24.3 Å². The zero-order chi connectivity index (χ0) is 14.4. The van der Waals surface area contributed by atoms with Gasteiger partial charge in [0.1, 0.15) is 0 Å². The molecule has 1 aliphatic rings. The molecule has 108 valence electrons. The van der Waals surface area contributed by atoms with E-state index < -0.39 is 0 Å². The molecular formula is C15H20N2O3. The van der Waals surface area contributed by atoms with Crippen LogP contribution in [-0.2, 0) is 9.53 Å². The first-order chi connectivity index (χ1) is 9.70. The van der Waals surface area contributed by atoms with E-state index in [4.69, 9.17) is 4.74 Å². The van der Waals surface area contributed by atoms with Gasteiger partial charge in [0.05, 0.1) is 18.1 Å². The molecule has 1 aromatic carbocycles. The number of carbonyl (C=O) groups excluding carboxylic acids is 2. The molecule has 20 heavy (non-hydrogen) atoms. The standard InChI is InChI=1S/C15H20N2O3/c1-2-20-15(19)11-5-7-13(8-6-11)17-14(18)12-4-3-9-16-10-12/h5-8,12,16H,2-4,9-10H2,1H3,(H,17,18)/t12-/m1/s1. The lowest BCUT2D eigenvalue weighted by Gasteiger charge is -2.21. The Labute approximate surface area is 118 Å². The second-order valence-corrected chi connectivity index (χ2v) is 4.83. The van der Waals surface area contributed by atoms with Crippen molar-refractivity contribution in [2.24, 2.45) is 5.92 Å². The van der Waals surface area contributed by atoms with E-state index in [1.54, 1.807) is 31.2 Å². The SMILES string of the molecule is CCOC(=O)c1ccc(NC(=O)[C@@H]2CCCNC2)cc1. The summed E-state index contributed by atoms with van der Waals surface area (Å²) in [7, 11) is 0. The fraction of sp³-hybridized carbons (Fsp3) is 0.467. The van der Waals surface area contributed by atoms with Crippen molar-refractivity contribution in [2.75, 3.05) is 25.0 Å². The van der Waals surface area contributed by atoms with Crippen LogP contribution in [-0.4, -0.2) is 31.6 Å². The van der Waals surface area contributed by atoms with Gasteiger partial charge in [0.25, 0.3) is 0 Å². The number of anilines is 1. The molecule has 1 heterocycles. The highest BCUT2D eigenvalue weighted by Crippen LogP contribution is 2.15. The van der Waals surface area contributed by atoms with Gasteiger partial charge in [0, 0.05) is 12.2 Å². The van der Waals surface area contributed by atoms with Crippen LogP contribution in [0.25, 0.3) is 0 Å². The Bertz CT molecular complexity index is 465. The van der Waals surface area contributed by atoms with E-state index in [-0.39, 0.29) is 17.8 Å². The maximum absolute atomic E-state index is 12.0. The number of hydrogen-bond acceptors (Lipinski definition) is 4. The van der Waals surface area contributed by atoms with Gasteiger partial charge in [-0.15, -0.1) is 0 Å². The summed E-state index contributed by atoms with van der Waals surface area (Å²) in [5.74, 6) is -0.295. The molecule has 1 saturated heterocycles. The molecule has 2 rings (SSSR count). The number of carbonyl (C=O) groups is 2. The third-order valence-electron chi connectivity index (χ3n) is 3.33. The lowest BCUT2D eigenvalue weighted by atomic mass is 9.99. The molecule has 0 bridgehead atoms. The van der Waals surface area contributed by atoms with Crippen LogP contribution in [0.2, 0.25) is 0 Å². The van der Waals surface area contributed by atoms with E-state index in [2.05, 4.69) is 10.6 Å². The summed E-state index contributed by atoms with van der Waals surface area (Å²) in [6.07, 6.45) is 1.94. The largest absolute Gasteiger partial charge is 0.462 e. The maximum atomic E-state index is 12.0. The third kappa shape index (κ3) is 3.81. The van der Waals surface area contributed by atoms with Crippen molar-refractivity contribution < 1.29 is 14.3 Å². The fourth-order valence-electron chi connectivity index (χ4n) is 2.22. The summed E-state index contributed by atoms with van der Waals surface area (Å²) in [6.45, 7) is 3.83. The van der Waals surface area contributed by atoms with Crippen LogP contribution in [0.5, 0.6) is 0 Å². The second kappa shape index (κ2) is 7.05. The normalized spacial score (nSPS) is 18.4. The number of amides is 1. The first-order valence-electron chi connectivity index (χ1n) is 6.99. The van der Waals surface area contributed by atoms with E-state index in [0.29, 0.717) is 17.9 Å². The molecule has 0 aromatic heterocycles. The second-order valence-electron chi connectivity index (χ2n) is 4.83. The van der Waals surface area contributed by atoms with Gasteiger partial charge in [-0.2, -0.15) is 0 Å². The number of rotatable bonds is 4. The Morgan fingerprint density at radius 2 is 2.10 bits per heavy atom. The number of ether oxygens (including phenoxy) is 1. The number of benzene rings is 1. The summed E-state index contributed by atoms with van der Waals surface area (Å²) in [6, 6.07) is 6.76. The fourth-order valence-corrected chi connectivity index (χ4v) is 2.22. The van der Waals surface area contributed by atoms with Crippen molar-refractivity contribution in [3.63, 3.8) is 0 Å². The number of piperidine rings is 1. The summed E-state index contributed by atoms with van der Waals surface area (Å²) in [5, 5.41) is 6.10. The van der Waals surface area contributed by atoms with Crippen molar-refractivity contribution in [2.45, 2.75) is 19.8 Å². The number of hydrogen-bond donors (Lipinski definition) is 2. The average molecular weight is 276 g/mol. The van der Waals surface area contributed by atoms with E-state index in [0.717, 1.165) is 25.9 Å². The van der Waals surface area contributed by atoms with Crippen molar-refractivity contribution >= 4 is 17.6 Å². The number of nitrogens with one attached hydrogen (secondary N) is 2. The van der Waals surface area contributed by atoms with Crippen LogP contribution in [0.4, 0.5) is 5.69 Å². The lowest BCUT2D eigenvalue weighted by molar-refractivity contribution is -0.120. The third-order valence-corrected chi connectivity index (χ3v) is 3.33. The minimum Gasteiger partial charge on any atom is -0.462 e. The highest BCUT2D eigenvalue weighted by molar-refractivity contribution is 5.94. The quantitative estimate of drug-likeness (QED) is 0.823. The summed E-state index contributed by atoms with van der Waals surface area (Å²) in [5.41, 5.74) is 1.19. The molecule has 0 saturated carbocycles. The summed E-state index contributed by atoms with van der Waals surface area (Å²) < 4.78 is 4.91. The smallest absolute Gasteiger partial charge is 0.338 e. The summed E-state index contributed by atoms with van der Waals surface area (Å²) in [4.78, 5) is 23.6. The molecule has 1 amide bonds. The minimum absolute atomic E-state index is 0.0217. The van der Waals surface area contributed by atoms with E-state index >= 15 is 0 Å². The highest BCUT2D eigenvalue weighted by atomic mass is 16.5. The van der Waals surface area contributed by atoms with Crippen molar-refractivity contribution in [1.29, 1.82) is 0 Å². The van der Waals surface area contributed by atoms with Gasteiger partial charge in [-0.1, -0.05) is 0 Å². The van der Waals surface area contributed by atoms with Gasteiger partial charge < -0.3 is 15.4 Å². The molecule has 5 nitrogen and oxygen atoms in total. The molecule has 0 aliphatic carbocycles. The topological polar surface area (TPSA) is 67.4 Å². The highest BCUT2D eigenvalue weighted by Gasteiger charge is 2.20. The van der Waals surface area contributed by atoms with Crippen LogP contribution in [0.3, 0.4) is 0 Å². The molecule has 1 aliphatic heterocycles. The van der Waals surface area contributed by atoms with Crippen molar-refractivity contribution in [3.05, 3.63) is 29.8 Å². The summed E-state index contributed by atoms with van der Waals surface area (Å²) >= 11 is 0. The van der Waals surface area contributed by atoms with Crippen molar-refractivity contribution in [3.8, 4) is 0 Å². The lowest BCUT2D eigenvalue weighted by Crippen LogP contribution is -2.37. The van der Waals surface area contributed by atoms with Gasteiger partial charge in [0.15, 0.2) is 0 Å². The van der Waals surface area contributed by atoms with Crippen molar-refractivity contribution in [1.82, 2.24) is 5.32 Å². The molecule has 1 aromatic rings. The van der Waals surface area contributed by atoms with Crippen LogP contribution in [0, 0.1) is 5.92 Å². The zero-order valence-electron chi connectivity index (χ0n) is 11.6. The minimum atomic E-state index is -0.346. The van der Waals surface area contributed by atoms with Gasteiger partial charge in [-0.25, -0.2) is 4.79 Å². The van der Waals surface area contributed by atoms with Gasteiger partial charge in [-0.3, -0.25) is 4.79 Å². The molecule has 1 fully saturated rings. The predicted octanol–water partition coefficient (Wildman–Crippen LogP) is 1.80.